The number of sulfonamides is 1. The molecular weight excluding hydrogens is 498 g/mol. The lowest BCUT2D eigenvalue weighted by molar-refractivity contribution is 0.383. The Labute approximate surface area is 216 Å². The number of rotatable bonds is 10. The highest BCUT2D eigenvalue weighted by molar-refractivity contribution is 7.88. The molecule has 1 fully saturated rings. The zero-order chi connectivity index (χ0) is 26.4. The van der Waals surface area contributed by atoms with Gasteiger partial charge in [0.25, 0.3) is 5.56 Å². The smallest absolute Gasteiger partial charge is 0.276 e. The number of hydrogen-bond donors (Lipinski definition) is 0. The molecular formula is C27H32F2N4O3S. The number of unbranched alkanes of at least 4 members (excludes halogenated alkanes) is 3. The summed E-state index contributed by atoms with van der Waals surface area (Å²) < 4.78 is 56.1. The Kier molecular flexibility index (Phi) is 8.71. The summed E-state index contributed by atoms with van der Waals surface area (Å²) in [4.78, 5) is 15.4. The summed E-state index contributed by atoms with van der Waals surface area (Å²) in [6, 6.07) is 12.0. The maximum absolute atomic E-state index is 13.8. The van der Waals surface area contributed by atoms with Crippen LogP contribution in [0.5, 0.6) is 0 Å². The van der Waals surface area contributed by atoms with E-state index in [0.717, 1.165) is 54.1 Å². The minimum Gasteiger partial charge on any atom is -0.367 e. The van der Waals surface area contributed by atoms with E-state index in [4.69, 9.17) is 0 Å². The van der Waals surface area contributed by atoms with Crippen molar-refractivity contribution in [1.82, 2.24) is 14.1 Å². The van der Waals surface area contributed by atoms with Gasteiger partial charge in [-0.15, -0.1) is 0 Å². The Bertz CT molecular complexity index is 1350. The van der Waals surface area contributed by atoms with Crippen molar-refractivity contribution >= 4 is 15.7 Å². The highest BCUT2D eigenvalue weighted by Gasteiger charge is 2.29. The molecule has 1 aliphatic heterocycles. The van der Waals surface area contributed by atoms with E-state index in [0.29, 0.717) is 43.9 Å². The first-order chi connectivity index (χ1) is 17.8. The minimum absolute atomic E-state index is 0.0284. The molecule has 0 spiro atoms. The molecule has 1 saturated heterocycles. The normalized spacial score (nSPS) is 14.7. The molecule has 0 atom stereocenters. The first-order valence-electron chi connectivity index (χ1n) is 12.6. The van der Waals surface area contributed by atoms with E-state index in [1.54, 1.807) is 18.3 Å². The minimum atomic E-state index is -3.48. The van der Waals surface area contributed by atoms with Gasteiger partial charge >= 0.3 is 0 Å². The van der Waals surface area contributed by atoms with Crippen LogP contribution in [0, 0.1) is 11.6 Å². The second-order valence-electron chi connectivity index (χ2n) is 9.29. The molecule has 0 N–H and O–H groups in total. The van der Waals surface area contributed by atoms with Crippen LogP contribution in [0.4, 0.5) is 14.5 Å². The van der Waals surface area contributed by atoms with Gasteiger partial charge in [-0.1, -0.05) is 56.5 Å². The van der Waals surface area contributed by atoms with Crippen LogP contribution >= 0.6 is 0 Å². The lowest BCUT2D eigenvalue weighted by atomic mass is 10.1. The van der Waals surface area contributed by atoms with Crippen molar-refractivity contribution in [2.75, 3.05) is 31.1 Å². The largest absolute Gasteiger partial charge is 0.367 e. The van der Waals surface area contributed by atoms with Crippen molar-refractivity contribution in [3.8, 4) is 5.69 Å². The van der Waals surface area contributed by atoms with Crippen molar-refractivity contribution in [2.24, 2.45) is 0 Å². The zero-order valence-electron chi connectivity index (χ0n) is 20.9. The number of aromatic nitrogens is 2. The Morgan fingerprint density at radius 2 is 1.59 bits per heavy atom. The molecule has 198 valence electrons. The molecule has 0 saturated carbocycles. The van der Waals surface area contributed by atoms with E-state index in [-0.39, 0.29) is 11.4 Å². The average molecular weight is 531 g/mol. The predicted octanol–water partition coefficient (Wildman–Crippen LogP) is 4.29. The van der Waals surface area contributed by atoms with Gasteiger partial charge in [0.2, 0.25) is 10.0 Å². The van der Waals surface area contributed by atoms with E-state index in [2.05, 4.69) is 12.0 Å². The number of piperazine rings is 1. The van der Waals surface area contributed by atoms with Gasteiger partial charge in [-0.2, -0.15) is 14.1 Å². The van der Waals surface area contributed by atoms with Crippen molar-refractivity contribution in [1.29, 1.82) is 0 Å². The van der Waals surface area contributed by atoms with Gasteiger partial charge < -0.3 is 4.90 Å². The first kappa shape index (κ1) is 26.9. The summed E-state index contributed by atoms with van der Waals surface area (Å²) in [7, 11) is -3.48. The first-order valence-corrected chi connectivity index (χ1v) is 14.2. The van der Waals surface area contributed by atoms with Crippen LogP contribution in [-0.4, -0.2) is 48.7 Å². The molecule has 0 amide bonds. The van der Waals surface area contributed by atoms with Crippen molar-refractivity contribution in [3.63, 3.8) is 0 Å². The topological polar surface area (TPSA) is 75.5 Å². The van der Waals surface area contributed by atoms with E-state index >= 15 is 0 Å². The van der Waals surface area contributed by atoms with Crippen molar-refractivity contribution in [2.45, 2.75) is 44.8 Å². The predicted molar refractivity (Wildman–Crippen MR) is 140 cm³/mol. The van der Waals surface area contributed by atoms with Crippen LogP contribution in [-0.2, 0) is 22.2 Å². The molecule has 1 aromatic heterocycles. The summed E-state index contributed by atoms with van der Waals surface area (Å²) in [6.07, 6.45) is 5.90. The van der Waals surface area contributed by atoms with E-state index < -0.39 is 27.2 Å². The standard InChI is InChI=1S/C27H32F2N4O3S/c1-2-3-4-8-11-25-26(19-30-33(27(25)34)24-17-22(28)16-23(29)18-24)31-12-14-32(15-13-31)37(35,36)20-21-9-6-5-7-10-21/h5-7,9-10,16-19H,2-4,8,11-15,20H2,1H3. The zero-order valence-corrected chi connectivity index (χ0v) is 21.8. The van der Waals surface area contributed by atoms with Crippen LogP contribution < -0.4 is 10.5 Å². The summed E-state index contributed by atoms with van der Waals surface area (Å²) in [5.41, 5.74) is 1.52. The molecule has 4 rings (SSSR count). The molecule has 2 aromatic carbocycles. The van der Waals surface area contributed by atoms with Gasteiger partial charge in [-0.3, -0.25) is 4.79 Å². The van der Waals surface area contributed by atoms with Gasteiger partial charge in [-0.05, 0) is 30.5 Å². The number of halogens is 2. The quantitative estimate of drug-likeness (QED) is 0.366. The molecule has 3 aromatic rings. The maximum atomic E-state index is 13.8. The Morgan fingerprint density at radius 1 is 0.919 bits per heavy atom. The highest BCUT2D eigenvalue weighted by atomic mass is 32.2. The van der Waals surface area contributed by atoms with Crippen LogP contribution in [0.25, 0.3) is 5.69 Å². The number of hydrogen-bond acceptors (Lipinski definition) is 5. The summed E-state index contributed by atoms with van der Waals surface area (Å²) >= 11 is 0. The van der Waals surface area contributed by atoms with Crippen LogP contribution in [0.1, 0.15) is 43.7 Å². The summed E-state index contributed by atoms with van der Waals surface area (Å²) in [5, 5.41) is 4.23. The number of benzene rings is 2. The molecule has 10 heteroatoms. The highest BCUT2D eigenvalue weighted by Crippen LogP contribution is 2.23. The Hall–Kier alpha value is -3.11. The third kappa shape index (κ3) is 6.61. The van der Waals surface area contributed by atoms with Gasteiger partial charge in [0, 0.05) is 37.8 Å². The molecule has 0 aliphatic carbocycles. The SMILES string of the molecule is CCCCCCc1c(N2CCN(S(=O)(=O)Cc3ccccc3)CC2)cnn(-c2cc(F)cc(F)c2)c1=O. The molecule has 0 unspecified atom stereocenters. The molecule has 0 radical (unpaired) electrons. The second kappa shape index (κ2) is 12.0. The third-order valence-corrected chi connectivity index (χ3v) is 8.44. The monoisotopic (exact) mass is 530 g/mol. The Morgan fingerprint density at radius 3 is 2.24 bits per heavy atom. The van der Waals surface area contributed by atoms with Gasteiger partial charge in [0.1, 0.15) is 11.6 Å². The number of anilines is 1. The fraction of sp³-hybridized carbons (Fsp3) is 0.407. The Balaban J connectivity index is 1.56. The van der Waals surface area contributed by atoms with E-state index in [1.165, 1.54) is 4.31 Å². The van der Waals surface area contributed by atoms with Crippen molar-refractivity contribution < 1.29 is 17.2 Å². The molecule has 0 bridgehead atoms. The summed E-state index contributed by atoms with van der Waals surface area (Å²) in [6.45, 7) is 3.52. The van der Waals surface area contributed by atoms with Crippen molar-refractivity contribution in [3.05, 3.63) is 87.8 Å². The fourth-order valence-electron chi connectivity index (χ4n) is 4.65. The van der Waals surface area contributed by atoms with Crippen LogP contribution in [0.15, 0.2) is 59.5 Å². The average Bonchev–Trinajstić information content (AvgIpc) is 2.87. The fourth-order valence-corrected chi connectivity index (χ4v) is 6.16. The van der Waals surface area contributed by atoms with Crippen LogP contribution in [0.2, 0.25) is 0 Å². The third-order valence-electron chi connectivity index (χ3n) is 6.59. The molecule has 37 heavy (non-hydrogen) atoms. The van der Waals surface area contributed by atoms with Crippen LogP contribution in [0.3, 0.4) is 0 Å². The lowest BCUT2D eigenvalue weighted by Gasteiger charge is -2.36. The second-order valence-corrected chi connectivity index (χ2v) is 11.3. The molecule has 7 nitrogen and oxygen atoms in total. The summed E-state index contributed by atoms with van der Waals surface area (Å²) in [5.74, 6) is -1.63. The van der Waals surface area contributed by atoms with Gasteiger partial charge in [-0.25, -0.2) is 17.2 Å². The van der Waals surface area contributed by atoms with Gasteiger partial charge in [0.15, 0.2) is 0 Å². The van der Waals surface area contributed by atoms with Gasteiger partial charge in [0.05, 0.1) is 23.3 Å². The lowest BCUT2D eigenvalue weighted by Crippen LogP contribution is -2.49. The molecule has 2 heterocycles. The maximum Gasteiger partial charge on any atom is 0.276 e. The van der Waals surface area contributed by atoms with E-state index in [9.17, 15) is 22.0 Å². The van der Waals surface area contributed by atoms with E-state index in [1.807, 2.05) is 23.1 Å². The molecule has 1 aliphatic rings. The number of nitrogens with zero attached hydrogens (tertiary/aromatic N) is 4.